The van der Waals surface area contributed by atoms with Gasteiger partial charge in [0.25, 0.3) is 5.69 Å². The number of nitrogens with one attached hydrogen (secondary N) is 1. The second-order valence-corrected chi connectivity index (χ2v) is 5.69. The van der Waals surface area contributed by atoms with Crippen LogP contribution in [0.1, 0.15) is 11.3 Å². The number of methoxy groups -OCH3 is 2. The molecule has 7 heteroatoms. The van der Waals surface area contributed by atoms with Crippen LogP contribution >= 0.6 is 0 Å². The quantitative estimate of drug-likeness (QED) is 0.485. The van der Waals surface area contributed by atoms with Crippen LogP contribution in [0, 0.1) is 0 Å². The first-order valence-corrected chi connectivity index (χ1v) is 8.27. The van der Waals surface area contributed by atoms with E-state index in [1.807, 2.05) is 48.5 Å². The first kappa shape index (κ1) is 17.8. The van der Waals surface area contributed by atoms with Gasteiger partial charge in [0.2, 0.25) is 5.69 Å². The van der Waals surface area contributed by atoms with Gasteiger partial charge in [0.05, 0.1) is 26.0 Å². The molecule has 0 aliphatic carbocycles. The molecular formula is C19H21N3O4. The lowest BCUT2D eigenvalue weighted by molar-refractivity contribution is -0.677. The molecule has 3 aromatic rings. The fourth-order valence-corrected chi connectivity index (χ4v) is 2.57. The summed E-state index contributed by atoms with van der Waals surface area (Å²) in [6, 6.07) is 15.2. The van der Waals surface area contributed by atoms with E-state index in [0.29, 0.717) is 12.2 Å². The van der Waals surface area contributed by atoms with E-state index in [0.717, 1.165) is 30.2 Å². The Morgan fingerprint density at radius 1 is 1.00 bits per heavy atom. The predicted molar refractivity (Wildman–Crippen MR) is 92.4 cm³/mol. The number of hydrogen-bond acceptors (Lipinski definition) is 6. The van der Waals surface area contributed by atoms with Gasteiger partial charge in [-0.05, 0) is 47.5 Å². The minimum atomic E-state index is -0.447. The standard InChI is InChI=1S/C19H21N3O4/c1-24-16-7-3-14(4-8-16)11-12-20-13-18-19(23)26-21-22(18)15-5-9-17(25-2)10-6-15/h3-10,20H,11-13H2,1-2H3. The second-order valence-electron chi connectivity index (χ2n) is 5.69. The fraction of sp³-hybridized carbons (Fsp3) is 0.263. The summed E-state index contributed by atoms with van der Waals surface area (Å²) in [7, 11) is 3.25. The highest BCUT2D eigenvalue weighted by Gasteiger charge is 2.19. The molecule has 0 atom stereocenters. The fourth-order valence-electron chi connectivity index (χ4n) is 2.57. The average Bonchev–Trinajstić information content (AvgIpc) is 3.06. The summed E-state index contributed by atoms with van der Waals surface area (Å²) in [5.41, 5.74) is 2.38. The smallest absolute Gasteiger partial charge is 0.253 e. The van der Waals surface area contributed by atoms with Gasteiger partial charge < -0.3 is 24.4 Å². The maximum atomic E-state index is 11.9. The molecule has 136 valence electrons. The van der Waals surface area contributed by atoms with Gasteiger partial charge in [0.15, 0.2) is 5.95 Å². The third-order valence-corrected chi connectivity index (χ3v) is 4.06. The Bertz CT molecular complexity index is 829. The molecule has 0 spiro atoms. The molecule has 0 radical (unpaired) electrons. The molecule has 0 fully saturated rings. The zero-order chi connectivity index (χ0) is 18.4. The summed E-state index contributed by atoms with van der Waals surface area (Å²) in [6.07, 6.45) is 0.839. The van der Waals surface area contributed by atoms with Gasteiger partial charge in [0, 0.05) is 12.1 Å². The van der Waals surface area contributed by atoms with Crippen molar-refractivity contribution in [2.45, 2.75) is 13.0 Å². The van der Waals surface area contributed by atoms with Crippen molar-refractivity contribution in [3.05, 3.63) is 59.8 Å². The Morgan fingerprint density at radius 3 is 2.23 bits per heavy atom. The van der Waals surface area contributed by atoms with Gasteiger partial charge in [-0.3, -0.25) is 0 Å². The number of aromatic nitrogens is 2. The molecule has 26 heavy (non-hydrogen) atoms. The van der Waals surface area contributed by atoms with Crippen molar-refractivity contribution in [3.63, 3.8) is 0 Å². The highest BCUT2D eigenvalue weighted by atomic mass is 16.6. The van der Waals surface area contributed by atoms with Crippen LogP contribution in [0.3, 0.4) is 0 Å². The zero-order valence-corrected chi connectivity index (χ0v) is 14.8. The Labute approximate surface area is 151 Å². The lowest BCUT2D eigenvalue weighted by atomic mass is 10.1. The molecule has 2 aromatic carbocycles. The van der Waals surface area contributed by atoms with Crippen molar-refractivity contribution in [2.24, 2.45) is 0 Å². The molecule has 0 saturated carbocycles. The molecule has 0 amide bonds. The molecule has 7 nitrogen and oxygen atoms in total. The molecule has 3 rings (SSSR count). The minimum absolute atomic E-state index is 0.366. The minimum Gasteiger partial charge on any atom is -0.539 e. The third-order valence-electron chi connectivity index (χ3n) is 4.06. The van der Waals surface area contributed by atoms with Crippen LogP contribution in [-0.2, 0) is 13.0 Å². The Hall–Kier alpha value is -3.06. The maximum Gasteiger partial charge on any atom is 0.253 e. The van der Waals surface area contributed by atoms with Crippen molar-refractivity contribution in [1.29, 1.82) is 0 Å². The Balaban J connectivity index is 1.60. The van der Waals surface area contributed by atoms with Gasteiger partial charge in [-0.25, -0.2) is 0 Å². The topological polar surface area (TPSA) is 83.5 Å². The monoisotopic (exact) mass is 355 g/mol. The normalized spacial score (nSPS) is 10.7. The highest BCUT2D eigenvalue weighted by molar-refractivity contribution is 5.31. The number of hydrogen-bond donors (Lipinski definition) is 1. The van der Waals surface area contributed by atoms with Crippen LogP contribution < -0.4 is 24.6 Å². The number of nitrogens with zero attached hydrogens (tertiary/aromatic N) is 2. The summed E-state index contributed by atoms with van der Waals surface area (Å²) in [6.45, 7) is 1.09. The van der Waals surface area contributed by atoms with Gasteiger partial charge >= 0.3 is 0 Å². The third kappa shape index (κ3) is 4.12. The van der Waals surface area contributed by atoms with E-state index in [4.69, 9.17) is 14.0 Å². The van der Waals surface area contributed by atoms with Crippen LogP contribution in [0.25, 0.3) is 5.69 Å². The summed E-state index contributed by atoms with van der Waals surface area (Å²) in [4.78, 5) is 0. The van der Waals surface area contributed by atoms with Gasteiger partial charge in [0.1, 0.15) is 11.5 Å². The zero-order valence-electron chi connectivity index (χ0n) is 14.8. The van der Waals surface area contributed by atoms with Crippen molar-refractivity contribution in [1.82, 2.24) is 10.6 Å². The van der Waals surface area contributed by atoms with Crippen molar-refractivity contribution in [2.75, 3.05) is 20.8 Å². The Kier molecular flexibility index (Phi) is 5.70. The summed E-state index contributed by atoms with van der Waals surface area (Å²) in [5, 5.41) is 19.0. The molecule has 0 saturated heterocycles. The van der Waals surface area contributed by atoms with Crippen LogP contribution in [0.2, 0.25) is 0 Å². The van der Waals surface area contributed by atoms with E-state index in [9.17, 15) is 5.11 Å². The summed E-state index contributed by atoms with van der Waals surface area (Å²) >= 11 is 0. The van der Waals surface area contributed by atoms with Crippen molar-refractivity contribution >= 4 is 0 Å². The van der Waals surface area contributed by atoms with Crippen LogP contribution in [0.15, 0.2) is 53.1 Å². The number of ether oxygens (including phenoxy) is 2. The molecule has 1 N–H and O–H groups in total. The molecule has 0 aliphatic heterocycles. The van der Waals surface area contributed by atoms with Crippen molar-refractivity contribution in [3.8, 4) is 23.1 Å². The van der Waals surface area contributed by atoms with Crippen LogP contribution in [0.4, 0.5) is 0 Å². The van der Waals surface area contributed by atoms with E-state index >= 15 is 0 Å². The largest absolute Gasteiger partial charge is 0.539 e. The van der Waals surface area contributed by atoms with E-state index in [1.54, 1.807) is 14.2 Å². The average molecular weight is 355 g/mol. The number of rotatable bonds is 8. The second kappa shape index (κ2) is 8.35. The van der Waals surface area contributed by atoms with Gasteiger partial charge in [-0.15, -0.1) is 0 Å². The van der Waals surface area contributed by atoms with Crippen LogP contribution in [0.5, 0.6) is 17.4 Å². The van der Waals surface area contributed by atoms with E-state index < -0.39 is 5.95 Å². The summed E-state index contributed by atoms with van der Waals surface area (Å²) in [5.74, 6) is 1.12. The maximum absolute atomic E-state index is 11.9. The molecule has 1 heterocycles. The highest BCUT2D eigenvalue weighted by Crippen LogP contribution is 2.14. The molecular weight excluding hydrogens is 334 g/mol. The SMILES string of the molecule is COc1ccc(CCNCc2c([O-])on[n+]2-c2ccc(OC)cc2)cc1. The number of benzene rings is 2. The van der Waals surface area contributed by atoms with E-state index in [2.05, 4.69) is 10.6 Å². The molecule has 0 unspecified atom stereocenters. The first-order chi connectivity index (χ1) is 12.7. The first-order valence-electron chi connectivity index (χ1n) is 8.27. The summed E-state index contributed by atoms with van der Waals surface area (Å²) < 4.78 is 16.6. The van der Waals surface area contributed by atoms with Gasteiger partial charge in [-0.2, -0.15) is 0 Å². The van der Waals surface area contributed by atoms with E-state index in [-0.39, 0.29) is 0 Å². The molecule has 0 bridgehead atoms. The molecule has 0 aliphatic rings. The lowest BCUT2D eigenvalue weighted by Crippen LogP contribution is -2.39. The lowest BCUT2D eigenvalue weighted by Gasteiger charge is -2.05. The van der Waals surface area contributed by atoms with Gasteiger partial charge in [-0.1, -0.05) is 12.1 Å². The van der Waals surface area contributed by atoms with E-state index in [1.165, 1.54) is 10.2 Å². The Morgan fingerprint density at radius 2 is 1.62 bits per heavy atom. The van der Waals surface area contributed by atoms with Crippen LogP contribution in [-0.4, -0.2) is 26.0 Å². The predicted octanol–water partition coefficient (Wildman–Crippen LogP) is 1.37. The van der Waals surface area contributed by atoms with Crippen molar-refractivity contribution < 1.29 is 23.8 Å². The molecule has 1 aromatic heterocycles.